The third kappa shape index (κ3) is 4.35. The average molecular weight is 389 g/mol. The Morgan fingerprint density at radius 3 is 2.72 bits per heavy atom. The quantitative estimate of drug-likeness (QED) is 0.759. The van der Waals surface area contributed by atoms with E-state index >= 15 is 0 Å². The molecule has 0 unspecified atom stereocenters. The molecule has 1 atom stereocenters. The predicted octanol–water partition coefficient (Wildman–Crippen LogP) is 0.144. The molecular formula is C15H17ClN2O6S. The van der Waals surface area contributed by atoms with Gasteiger partial charge in [0.1, 0.15) is 13.2 Å². The topological polar surface area (TPSA) is 111 Å². The second-order valence-corrected chi connectivity index (χ2v) is 8.47. The minimum absolute atomic E-state index is 0.0650. The molecule has 2 heterocycles. The Morgan fingerprint density at radius 1 is 1.24 bits per heavy atom. The number of sulfone groups is 1. The monoisotopic (exact) mass is 388 g/mol. The number of ether oxygens (including phenoxy) is 2. The molecule has 2 aliphatic rings. The Labute approximate surface area is 149 Å². The lowest BCUT2D eigenvalue weighted by molar-refractivity contribution is -0.120. The molecule has 0 radical (unpaired) electrons. The van der Waals surface area contributed by atoms with Crippen molar-refractivity contribution >= 4 is 33.3 Å². The van der Waals surface area contributed by atoms with Crippen molar-refractivity contribution in [3.05, 3.63) is 22.7 Å². The van der Waals surface area contributed by atoms with Gasteiger partial charge in [-0.3, -0.25) is 9.59 Å². The van der Waals surface area contributed by atoms with Crippen LogP contribution in [0.5, 0.6) is 11.5 Å². The zero-order chi connectivity index (χ0) is 18.0. The first-order chi connectivity index (χ1) is 11.8. The summed E-state index contributed by atoms with van der Waals surface area (Å²) in [5.41, 5.74) is 0.241. The van der Waals surface area contributed by atoms with E-state index in [1.807, 2.05) is 0 Å². The molecule has 0 spiro atoms. The highest BCUT2D eigenvalue weighted by Gasteiger charge is 2.29. The van der Waals surface area contributed by atoms with Crippen LogP contribution in [-0.2, 0) is 14.6 Å². The second-order valence-electron chi connectivity index (χ2n) is 5.83. The molecule has 1 aromatic carbocycles. The van der Waals surface area contributed by atoms with E-state index in [9.17, 15) is 18.0 Å². The van der Waals surface area contributed by atoms with Crippen LogP contribution in [-0.4, -0.2) is 57.5 Å². The minimum Gasteiger partial charge on any atom is -0.486 e. The van der Waals surface area contributed by atoms with Gasteiger partial charge in [0.15, 0.2) is 21.3 Å². The van der Waals surface area contributed by atoms with Gasteiger partial charge in [-0.1, -0.05) is 11.6 Å². The highest BCUT2D eigenvalue weighted by Crippen LogP contribution is 2.38. The zero-order valence-corrected chi connectivity index (χ0v) is 14.8. The van der Waals surface area contributed by atoms with Gasteiger partial charge < -0.3 is 20.1 Å². The van der Waals surface area contributed by atoms with Crippen LogP contribution in [0.4, 0.5) is 0 Å². The van der Waals surface area contributed by atoms with E-state index in [1.165, 1.54) is 12.1 Å². The van der Waals surface area contributed by atoms with Crippen LogP contribution in [0.3, 0.4) is 0 Å². The molecule has 1 aromatic rings. The number of fused-ring (bicyclic) bond motifs is 1. The van der Waals surface area contributed by atoms with Gasteiger partial charge in [-0.15, -0.1) is 0 Å². The van der Waals surface area contributed by atoms with Crippen molar-refractivity contribution in [2.75, 3.05) is 31.3 Å². The van der Waals surface area contributed by atoms with Crippen LogP contribution < -0.4 is 20.1 Å². The maximum absolute atomic E-state index is 12.2. The smallest absolute Gasteiger partial charge is 0.251 e. The molecule has 1 saturated heterocycles. The Hall–Kier alpha value is -2.00. The zero-order valence-electron chi connectivity index (χ0n) is 13.2. The van der Waals surface area contributed by atoms with E-state index in [4.69, 9.17) is 21.1 Å². The van der Waals surface area contributed by atoms with Crippen LogP contribution in [0.1, 0.15) is 16.8 Å². The van der Waals surface area contributed by atoms with E-state index in [-0.39, 0.29) is 28.6 Å². The number of carbonyl (C=O) groups excluding carboxylic acids is 2. The van der Waals surface area contributed by atoms with Crippen LogP contribution in [0, 0.1) is 0 Å². The highest BCUT2D eigenvalue weighted by molar-refractivity contribution is 7.91. The summed E-state index contributed by atoms with van der Waals surface area (Å²) in [6.45, 7) is 0.484. The number of rotatable bonds is 4. The molecule has 0 saturated carbocycles. The number of amides is 2. The van der Waals surface area contributed by atoms with E-state index in [2.05, 4.69) is 10.6 Å². The molecule has 1 fully saturated rings. The highest BCUT2D eigenvalue weighted by atomic mass is 35.5. The summed E-state index contributed by atoms with van der Waals surface area (Å²) in [5, 5.41) is 5.32. The third-order valence-electron chi connectivity index (χ3n) is 3.87. The molecule has 8 nitrogen and oxygen atoms in total. The Bertz CT molecular complexity index is 810. The van der Waals surface area contributed by atoms with Gasteiger partial charge in [0, 0.05) is 11.6 Å². The molecule has 3 rings (SSSR count). The maximum atomic E-state index is 12.2. The molecule has 2 amide bonds. The van der Waals surface area contributed by atoms with Gasteiger partial charge in [0.2, 0.25) is 5.91 Å². The fourth-order valence-corrected chi connectivity index (χ4v) is 4.63. The fraction of sp³-hybridized carbons (Fsp3) is 0.467. The van der Waals surface area contributed by atoms with Gasteiger partial charge in [0.05, 0.1) is 23.1 Å². The van der Waals surface area contributed by atoms with Gasteiger partial charge in [-0.05, 0) is 18.6 Å². The normalized spacial score (nSPS) is 20.8. The fourth-order valence-electron chi connectivity index (χ4n) is 2.69. The summed E-state index contributed by atoms with van der Waals surface area (Å²) in [4.78, 5) is 24.0. The SMILES string of the molecule is O=C(CNC(=O)c1cc(Cl)c2c(c1)OCCO2)N[C@@H]1CCS(=O)(=O)C1. The van der Waals surface area contributed by atoms with Crippen LogP contribution in [0.2, 0.25) is 5.02 Å². The molecule has 10 heteroatoms. The summed E-state index contributed by atoms with van der Waals surface area (Å²) in [6, 6.07) is 2.53. The lowest BCUT2D eigenvalue weighted by atomic mass is 10.1. The molecule has 0 bridgehead atoms. The maximum Gasteiger partial charge on any atom is 0.251 e. The van der Waals surface area contributed by atoms with Gasteiger partial charge in [-0.2, -0.15) is 0 Å². The number of benzene rings is 1. The first-order valence-corrected chi connectivity index (χ1v) is 9.91. The van der Waals surface area contributed by atoms with Crippen molar-refractivity contribution in [1.82, 2.24) is 10.6 Å². The molecule has 136 valence electrons. The van der Waals surface area contributed by atoms with Crippen molar-refractivity contribution in [3.8, 4) is 11.5 Å². The summed E-state index contributed by atoms with van der Waals surface area (Å²) in [7, 11) is -3.07. The predicted molar refractivity (Wildman–Crippen MR) is 90.0 cm³/mol. The van der Waals surface area contributed by atoms with Crippen molar-refractivity contribution in [3.63, 3.8) is 0 Å². The van der Waals surface area contributed by atoms with Crippen LogP contribution in [0.25, 0.3) is 0 Å². The molecule has 2 N–H and O–H groups in total. The molecule has 2 aliphatic heterocycles. The molecular weight excluding hydrogens is 372 g/mol. The Kier molecular flexibility index (Phi) is 5.05. The Balaban J connectivity index is 1.56. The first kappa shape index (κ1) is 17.8. The van der Waals surface area contributed by atoms with Crippen molar-refractivity contribution in [2.45, 2.75) is 12.5 Å². The van der Waals surface area contributed by atoms with E-state index in [0.717, 1.165) is 0 Å². The molecule has 0 aromatic heterocycles. The van der Waals surface area contributed by atoms with Crippen LogP contribution >= 0.6 is 11.6 Å². The minimum atomic E-state index is -3.07. The average Bonchev–Trinajstić information content (AvgIpc) is 2.91. The lowest BCUT2D eigenvalue weighted by Gasteiger charge is -2.20. The van der Waals surface area contributed by atoms with Crippen molar-refractivity contribution in [2.24, 2.45) is 0 Å². The van der Waals surface area contributed by atoms with E-state index < -0.39 is 27.7 Å². The standard InChI is InChI=1S/C15H17ClN2O6S/c16-11-5-9(6-12-14(11)24-3-2-23-12)15(20)17-7-13(19)18-10-1-4-25(21,22)8-10/h5-6,10H,1-4,7-8H2,(H,17,20)(H,18,19)/t10-/m1/s1. The van der Waals surface area contributed by atoms with E-state index in [0.29, 0.717) is 31.1 Å². The second kappa shape index (κ2) is 7.09. The Morgan fingerprint density at radius 2 is 2.00 bits per heavy atom. The number of carbonyl (C=O) groups is 2. The third-order valence-corrected chi connectivity index (χ3v) is 5.91. The molecule has 0 aliphatic carbocycles. The number of halogens is 1. The van der Waals surface area contributed by atoms with Crippen molar-refractivity contribution in [1.29, 1.82) is 0 Å². The summed E-state index contributed by atoms with van der Waals surface area (Å²) in [6.07, 6.45) is 0.389. The lowest BCUT2D eigenvalue weighted by Crippen LogP contribution is -2.42. The van der Waals surface area contributed by atoms with E-state index in [1.54, 1.807) is 0 Å². The van der Waals surface area contributed by atoms with Gasteiger partial charge >= 0.3 is 0 Å². The number of hydrogen-bond donors (Lipinski definition) is 2. The first-order valence-electron chi connectivity index (χ1n) is 7.71. The summed E-state index contributed by atoms with van der Waals surface area (Å²) >= 11 is 6.07. The number of hydrogen-bond acceptors (Lipinski definition) is 6. The van der Waals surface area contributed by atoms with Crippen molar-refractivity contribution < 1.29 is 27.5 Å². The van der Waals surface area contributed by atoms with Gasteiger partial charge in [0.25, 0.3) is 5.91 Å². The largest absolute Gasteiger partial charge is 0.486 e. The molecule has 25 heavy (non-hydrogen) atoms. The number of nitrogens with one attached hydrogen (secondary N) is 2. The summed E-state index contributed by atoms with van der Waals surface area (Å²) in [5.74, 6) is -0.161. The van der Waals surface area contributed by atoms with Crippen LogP contribution in [0.15, 0.2) is 12.1 Å². The van der Waals surface area contributed by atoms with Gasteiger partial charge in [-0.25, -0.2) is 8.42 Å². The summed E-state index contributed by atoms with van der Waals surface area (Å²) < 4.78 is 33.5.